The van der Waals surface area contributed by atoms with Crippen molar-refractivity contribution < 1.29 is 23.8 Å². The molecule has 1 heterocycles. The lowest BCUT2D eigenvalue weighted by atomic mass is 9.98. The second-order valence-corrected chi connectivity index (χ2v) is 8.53. The Bertz CT molecular complexity index is 862. The molecule has 0 spiro atoms. The summed E-state index contributed by atoms with van der Waals surface area (Å²) in [5, 5.41) is 12.2. The highest BCUT2D eigenvalue weighted by Gasteiger charge is 2.40. The van der Waals surface area contributed by atoms with Crippen molar-refractivity contribution in [1.82, 2.24) is 5.32 Å². The van der Waals surface area contributed by atoms with Gasteiger partial charge in [-0.25, -0.2) is 4.39 Å². The standard InChI is InChI=1S/C22H26FNO4S/c1-13-9-16(23)8-7-15(13)12-27-17-5-4-6-18(11-17)29-19-10-14(2)21(28-19)20(24-3)22(25)26/h4-9,11,14,19-21,24H,10,12H2,1-3H3,(H,25,26)/t14-,19?,20?,21-/m1/s1. The number of carboxylic acids is 1. The number of ether oxygens (including phenoxy) is 2. The van der Waals surface area contributed by atoms with Gasteiger partial charge in [-0.05, 0) is 67.8 Å². The maximum atomic E-state index is 13.2. The van der Waals surface area contributed by atoms with Crippen molar-refractivity contribution in [2.45, 2.75) is 49.4 Å². The molecule has 0 bridgehead atoms. The van der Waals surface area contributed by atoms with Gasteiger partial charge in [-0.2, -0.15) is 0 Å². The minimum atomic E-state index is -0.901. The summed E-state index contributed by atoms with van der Waals surface area (Å²) >= 11 is 1.57. The number of carboxylic acid groups (broad SMARTS) is 1. The molecule has 5 nitrogen and oxygen atoms in total. The Morgan fingerprint density at radius 3 is 2.86 bits per heavy atom. The van der Waals surface area contributed by atoms with Gasteiger partial charge >= 0.3 is 5.97 Å². The Morgan fingerprint density at radius 1 is 1.38 bits per heavy atom. The average Bonchev–Trinajstić information content (AvgIpc) is 3.01. The van der Waals surface area contributed by atoms with Crippen molar-refractivity contribution in [3.8, 4) is 5.75 Å². The van der Waals surface area contributed by atoms with E-state index in [4.69, 9.17) is 9.47 Å². The van der Waals surface area contributed by atoms with Crippen LogP contribution in [0, 0.1) is 18.7 Å². The van der Waals surface area contributed by atoms with E-state index in [2.05, 4.69) is 5.32 Å². The summed E-state index contributed by atoms with van der Waals surface area (Å²) in [6, 6.07) is 11.7. The molecule has 2 aromatic rings. The second-order valence-electron chi connectivity index (χ2n) is 7.30. The third kappa shape index (κ3) is 5.50. The van der Waals surface area contributed by atoms with Crippen LogP contribution in [0.1, 0.15) is 24.5 Å². The van der Waals surface area contributed by atoms with Crippen LogP contribution in [0.2, 0.25) is 0 Å². The van der Waals surface area contributed by atoms with Crippen molar-refractivity contribution in [3.05, 3.63) is 59.4 Å². The normalized spacial score (nSPS) is 22.4. The highest BCUT2D eigenvalue weighted by Crippen LogP contribution is 2.38. The Labute approximate surface area is 174 Å². The first kappa shape index (κ1) is 21.6. The molecule has 2 unspecified atom stereocenters. The zero-order valence-electron chi connectivity index (χ0n) is 16.7. The first-order valence-electron chi connectivity index (χ1n) is 9.57. The van der Waals surface area contributed by atoms with E-state index in [1.54, 1.807) is 24.9 Å². The summed E-state index contributed by atoms with van der Waals surface area (Å²) in [5.74, 6) is -0.291. The number of hydrogen-bond donors (Lipinski definition) is 2. The quantitative estimate of drug-likeness (QED) is 0.668. The van der Waals surface area contributed by atoms with Crippen LogP contribution in [0.4, 0.5) is 4.39 Å². The molecule has 3 rings (SSSR count). The Kier molecular flexibility index (Phi) is 7.16. The number of rotatable bonds is 8. The topological polar surface area (TPSA) is 67.8 Å². The Morgan fingerprint density at radius 2 is 2.17 bits per heavy atom. The lowest BCUT2D eigenvalue weighted by Crippen LogP contribution is -2.46. The molecule has 0 radical (unpaired) electrons. The van der Waals surface area contributed by atoms with Gasteiger partial charge in [0.25, 0.3) is 0 Å². The molecule has 156 valence electrons. The predicted molar refractivity (Wildman–Crippen MR) is 111 cm³/mol. The Hall–Kier alpha value is -2.09. The average molecular weight is 420 g/mol. The molecule has 0 aliphatic carbocycles. The van der Waals surface area contributed by atoms with Crippen LogP contribution in [0.5, 0.6) is 5.75 Å². The number of thioether (sulfide) groups is 1. The third-order valence-electron chi connectivity index (χ3n) is 5.11. The lowest BCUT2D eigenvalue weighted by molar-refractivity contribution is -0.143. The van der Waals surface area contributed by atoms with Crippen LogP contribution >= 0.6 is 11.8 Å². The van der Waals surface area contributed by atoms with Crippen LogP contribution in [0.15, 0.2) is 47.4 Å². The highest BCUT2D eigenvalue weighted by molar-refractivity contribution is 7.99. The maximum Gasteiger partial charge on any atom is 0.323 e. The van der Waals surface area contributed by atoms with Crippen LogP contribution in [-0.2, 0) is 16.1 Å². The fourth-order valence-corrected chi connectivity index (χ4v) is 4.71. The first-order valence-corrected chi connectivity index (χ1v) is 10.5. The summed E-state index contributed by atoms with van der Waals surface area (Å²) in [6.07, 6.45) is 0.414. The first-order chi connectivity index (χ1) is 13.9. The molecule has 1 fully saturated rings. The van der Waals surface area contributed by atoms with Gasteiger partial charge in [-0.15, -0.1) is 0 Å². The molecule has 29 heavy (non-hydrogen) atoms. The Balaban J connectivity index is 1.60. The van der Waals surface area contributed by atoms with Crippen LogP contribution < -0.4 is 10.1 Å². The molecule has 1 aliphatic heterocycles. The second kappa shape index (κ2) is 9.61. The fraction of sp³-hybridized carbons (Fsp3) is 0.409. The van der Waals surface area contributed by atoms with E-state index < -0.39 is 12.0 Å². The molecular weight excluding hydrogens is 393 g/mol. The summed E-state index contributed by atoms with van der Waals surface area (Å²) in [4.78, 5) is 12.4. The number of likely N-dealkylation sites (N-methyl/N-ethyl adjacent to an activating group) is 1. The van der Waals surface area contributed by atoms with Crippen molar-refractivity contribution in [2.24, 2.45) is 5.92 Å². The van der Waals surface area contributed by atoms with Gasteiger partial charge in [0.15, 0.2) is 0 Å². The fourth-order valence-electron chi connectivity index (χ4n) is 3.49. The molecule has 1 saturated heterocycles. The number of aliphatic carboxylic acids is 1. The summed E-state index contributed by atoms with van der Waals surface area (Å²) in [7, 11) is 1.64. The smallest absolute Gasteiger partial charge is 0.323 e. The van der Waals surface area contributed by atoms with E-state index in [1.165, 1.54) is 12.1 Å². The highest BCUT2D eigenvalue weighted by atomic mass is 32.2. The van der Waals surface area contributed by atoms with Gasteiger partial charge in [0, 0.05) is 4.90 Å². The summed E-state index contributed by atoms with van der Waals surface area (Å²) < 4.78 is 25.2. The van der Waals surface area contributed by atoms with Crippen molar-refractivity contribution in [3.63, 3.8) is 0 Å². The SMILES string of the molecule is CNC(C(=O)O)[C@@H]1OC(Sc2cccc(OCc3ccc(F)cc3C)c2)C[C@H]1C. The van der Waals surface area contributed by atoms with Crippen LogP contribution in [0.25, 0.3) is 0 Å². The largest absolute Gasteiger partial charge is 0.489 e. The molecule has 0 saturated carbocycles. The van der Waals surface area contributed by atoms with E-state index in [0.29, 0.717) is 6.61 Å². The number of carbonyl (C=O) groups is 1. The molecule has 0 amide bonds. The van der Waals surface area contributed by atoms with E-state index in [0.717, 1.165) is 28.2 Å². The summed E-state index contributed by atoms with van der Waals surface area (Å²) in [6.45, 7) is 4.24. The predicted octanol–water partition coefficient (Wildman–Crippen LogP) is 4.23. The zero-order chi connectivity index (χ0) is 21.0. The van der Waals surface area contributed by atoms with Gasteiger partial charge in [-0.3, -0.25) is 4.79 Å². The molecule has 1 aliphatic rings. The van der Waals surface area contributed by atoms with Gasteiger partial charge in [-0.1, -0.05) is 30.8 Å². The minimum absolute atomic E-state index is 0.111. The van der Waals surface area contributed by atoms with E-state index in [9.17, 15) is 14.3 Å². The number of benzene rings is 2. The van der Waals surface area contributed by atoms with Crippen molar-refractivity contribution in [1.29, 1.82) is 0 Å². The van der Waals surface area contributed by atoms with Crippen molar-refractivity contribution in [2.75, 3.05) is 7.05 Å². The number of hydrogen-bond acceptors (Lipinski definition) is 5. The minimum Gasteiger partial charge on any atom is -0.489 e. The van der Waals surface area contributed by atoms with Gasteiger partial charge in [0.05, 0.1) is 6.10 Å². The molecule has 2 aromatic carbocycles. The number of halogens is 1. The monoisotopic (exact) mass is 419 g/mol. The number of nitrogens with one attached hydrogen (secondary N) is 1. The van der Waals surface area contributed by atoms with Crippen LogP contribution in [0.3, 0.4) is 0 Å². The van der Waals surface area contributed by atoms with E-state index in [-0.39, 0.29) is 23.3 Å². The maximum absolute atomic E-state index is 13.2. The third-order valence-corrected chi connectivity index (χ3v) is 6.20. The van der Waals surface area contributed by atoms with Gasteiger partial charge in [0.2, 0.25) is 0 Å². The van der Waals surface area contributed by atoms with Crippen LogP contribution in [-0.4, -0.2) is 35.7 Å². The van der Waals surface area contributed by atoms with E-state index in [1.807, 2.05) is 38.1 Å². The van der Waals surface area contributed by atoms with Gasteiger partial charge in [0.1, 0.15) is 29.7 Å². The van der Waals surface area contributed by atoms with E-state index >= 15 is 0 Å². The van der Waals surface area contributed by atoms with Crippen molar-refractivity contribution >= 4 is 17.7 Å². The lowest BCUT2D eigenvalue weighted by Gasteiger charge is -2.22. The molecule has 4 atom stereocenters. The number of aryl methyl sites for hydroxylation is 1. The molecular formula is C22H26FNO4S. The molecule has 2 N–H and O–H groups in total. The molecule has 7 heteroatoms. The summed E-state index contributed by atoms with van der Waals surface area (Å²) in [5.41, 5.74) is 1.68. The zero-order valence-corrected chi connectivity index (χ0v) is 17.5. The van der Waals surface area contributed by atoms with Gasteiger partial charge < -0.3 is 19.9 Å². The molecule has 0 aromatic heterocycles.